The highest BCUT2D eigenvalue weighted by Crippen LogP contribution is 2.50. The minimum Gasteiger partial charge on any atom is -0.508 e. The molecule has 122 heavy (non-hydrogen) atoms. The number of hydrogen-bond acceptors (Lipinski definition) is 28. The number of ether oxygens (including phenoxy) is 6. The first-order valence-electron chi connectivity index (χ1n) is 37.5. The molecule has 9 heterocycles. The van der Waals surface area contributed by atoms with E-state index in [2.05, 4.69) is 42.5 Å². The summed E-state index contributed by atoms with van der Waals surface area (Å²) >= 11 is 15.2. The summed E-state index contributed by atoms with van der Waals surface area (Å²) in [6, 6.07) is 9.36. The Morgan fingerprint density at radius 1 is 0.533 bits per heavy atom. The maximum atomic E-state index is 16.5. The number of phenolic OH excluding ortho intramolecular Hbond substituents is 6. The molecule has 1 aromatic heterocycles. The predicted molar refractivity (Wildman–Crippen MR) is 424 cm³/mol. The molecule has 0 spiro atoms. The zero-order valence-electron chi connectivity index (χ0n) is 63.4. The summed E-state index contributed by atoms with van der Waals surface area (Å²) in [5.74, 6) is -18.7. The van der Waals surface area contributed by atoms with Crippen LogP contribution in [0.5, 0.6) is 69.0 Å². The third-order valence-electron chi connectivity index (χ3n) is 21.3. The fraction of sp³-hybridized carbons (Fsp3) is 0.280. The van der Waals surface area contributed by atoms with Crippen LogP contribution in [0.3, 0.4) is 0 Å². The number of nitrogens with one attached hydrogen (secondary N) is 8. The van der Waals surface area contributed by atoms with Crippen LogP contribution in [0.4, 0.5) is 0 Å². The number of benzene rings is 8. The van der Waals surface area contributed by atoms with E-state index in [4.69, 9.17) is 51.6 Å². The van der Waals surface area contributed by atoms with E-state index in [-0.39, 0.29) is 49.6 Å². The van der Waals surface area contributed by atoms with Crippen LogP contribution in [0.15, 0.2) is 151 Å². The number of rotatable bonds is 10. The van der Waals surface area contributed by atoms with Crippen LogP contribution >= 0.6 is 35.0 Å². The van der Waals surface area contributed by atoms with E-state index in [1.54, 1.807) is 30.5 Å². The van der Waals surface area contributed by atoms with E-state index in [0.29, 0.717) is 10.8 Å². The van der Waals surface area contributed by atoms with Gasteiger partial charge >= 0.3 is 5.97 Å². The zero-order chi connectivity index (χ0) is 86.9. The first-order valence-corrected chi connectivity index (χ1v) is 39.2. The summed E-state index contributed by atoms with van der Waals surface area (Å²) in [5, 5.41) is 169. The number of carbonyl (C=O) groups is 9. The zero-order valence-corrected chi connectivity index (χ0v) is 65.7. The Bertz CT molecular complexity index is 5760. The van der Waals surface area contributed by atoms with Crippen LogP contribution in [0, 0.1) is 0 Å². The Kier molecular flexibility index (Phi) is 23.5. The number of halogens is 2. The summed E-state index contributed by atoms with van der Waals surface area (Å²) in [6.45, 7) is 0.359. The molecule has 8 amide bonds. The van der Waals surface area contributed by atoms with Gasteiger partial charge in [-0.25, -0.2) is 4.79 Å². The largest absolute Gasteiger partial charge is 0.508 e. The van der Waals surface area contributed by atoms with Crippen molar-refractivity contribution in [1.82, 2.24) is 47.1 Å². The van der Waals surface area contributed by atoms with E-state index in [1.807, 2.05) is 0 Å². The minimum atomic E-state index is -2.43. The number of aliphatic hydroxyl groups excluding tert-OH is 6. The van der Waals surface area contributed by atoms with Gasteiger partial charge in [0.05, 0.1) is 34.3 Å². The van der Waals surface area contributed by atoms with E-state index in [1.165, 1.54) is 47.0 Å². The van der Waals surface area contributed by atoms with Gasteiger partial charge in [0.25, 0.3) is 0 Å². The Hall–Kier alpha value is -12.7. The monoisotopic (exact) mass is 1740 g/mol. The molecule has 2 saturated heterocycles. The molecule has 17 bridgehead atoms. The Morgan fingerprint density at radius 3 is 1.78 bits per heavy atom. The molecule has 0 radical (unpaired) electrons. The van der Waals surface area contributed by atoms with Crippen LogP contribution in [0.2, 0.25) is 10.0 Å². The lowest BCUT2D eigenvalue weighted by Gasteiger charge is -2.44. The van der Waals surface area contributed by atoms with Gasteiger partial charge in [0.2, 0.25) is 53.0 Å². The molecule has 18 atom stereocenters. The molecule has 2 fully saturated rings. The van der Waals surface area contributed by atoms with Crippen LogP contribution in [-0.4, -0.2) is 210 Å². The maximum absolute atomic E-state index is 16.5. The first-order chi connectivity index (χ1) is 58.2. The minimum absolute atomic E-state index is 0.0393. The highest BCUT2D eigenvalue weighted by atomic mass is 35.5. The smallest absolute Gasteiger partial charge is 0.330 e. The lowest BCUT2D eigenvalue weighted by Crippen LogP contribution is -2.65. The topological polar surface area (TPSA) is 573 Å². The molecule has 0 unspecified atom stereocenters. The number of fused-ring (bicyclic) bond motifs is 15. The van der Waals surface area contributed by atoms with Crippen molar-refractivity contribution in [3.05, 3.63) is 195 Å². The van der Waals surface area contributed by atoms with Gasteiger partial charge in [-0.05, 0) is 112 Å². The summed E-state index contributed by atoms with van der Waals surface area (Å²) in [4.78, 5) is 136. The van der Waals surface area contributed by atoms with Gasteiger partial charge in [-0.3, -0.25) is 38.4 Å². The Morgan fingerprint density at radius 2 is 1.11 bits per heavy atom. The number of carboxylic acid groups (broad SMARTS) is 1. The molecule has 0 aliphatic carbocycles. The molecule has 21 N–H and O–H groups in total. The number of aromatic nitrogens is 1. The third-order valence-corrected chi connectivity index (χ3v) is 23.2. The second-order valence-corrected chi connectivity index (χ2v) is 31.4. The molecule has 636 valence electrons. The van der Waals surface area contributed by atoms with E-state index in [9.17, 15) is 80.8 Å². The Labute approximate surface area is 702 Å². The number of aliphatic carboxylic acids is 1. The second kappa shape index (κ2) is 34.1. The quantitative estimate of drug-likeness (QED) is 0.0931. The van der Waals surface area contributed by atoms with Gasteiger partial charge in [0.1, 0.15) is 131 Å². The van der Waals surface area contributed by atoms with Crippen molar-refractivity contribution in [1.29, 1.82) is 0 Å². The van der Waals surface area contributed by atoms with Gasteiger partial charge < -0.3 is 142 Å². The van der Waals surface area contributed by atoms with E-state index in [0.717, 1.165) is 98.4 Å². The van der Waals surface area contributed by atoms with Gasteiger partial charge in [-0.1, -0.05) is 83.5 Å². The number of aliphatic hydroxyl groups is 6. The first kappa shape index (κ1) is 84.3. The number of hydrogen-bond donors (Lipinski definition) is 21. The summed E-state index contributed by atoms with van der Waals surface area (Å²) in [6.07, 6.45) is -13.8. The highest BCUT2D eigenvalue weighted by molar-refractivity contribution is 8.00. The lowest BCUT2D eigenvalue weighted by molar-refractivity contribution is -0.284. The summed E-state index contributed by atoms with van der Waals surface area (Å²) in [5.41, 5.74) is -4.36. The van der Waals surface area contributed by atoms with Crippen molar-refractivity contribution in [2.24, 2.45) is 0 Å². The van der Waals surface area contributed by atoms with E-state index >= 15 is 28.8 Å². The number of thioether (sulfide) groups is 1. The second-order valence-electron chi connectivity index (χ2n) is 29.5. The van der Waals surface area contributed by atoms with Gasteiger partial charge in [0, 0.05) is 66.1 Å². The third kappa shape index (κ3) is 16.6. The van der Waals surface area contributed by atoms with Crippen molar-refractivity contribution in [3.63, 3.8) is 0 Å². The number of carbonyl (C=O) groups excluding carboxylic acids is 8. The van der Waals surface area contributed by atoms with Crippen LogP contribution < -0.4 is 56.7 Å². The van der Waals surface area contributed by atoms with Crippen molar-refractivity contribution in [2.75, 3.05) is 13.2 Å². The van der Waals surface area contributed by atoms with Crippen molar-refractivity contribution in [3.8, 4) is 80.1 Å². The fourth-order valence-electron chi connectivity index (χ4n) is 15.5. The van der Waals surface area contributed by atoms with E-state index < -0.39 is 266 Å². The fourth-order valence-corrected chi connectivity index (χ4v) is 17.4. The molecule has 40 heteroatoms. The van der Waals surface area contributed by atoms with Crippen LogP contribution in [0.1, 0.15) is 89.1 Å². The molecule has 8 aromatic carbocycles. The average Bonchev–Trinajstić information content (AvgIpc) is 1.58. The molecular weight excluding hydrogens is 1660 g/mol. The predicted octanol–water partition coefficient (Wildman–Crippen LogP) is 3.53. The number of aromatic hydroxyl groups is 6. The van der Waals surface area contributed by atoms with Crippen molar-refractivity contribution in [2.45, 2.75) is 134 Å². The van der Waals surface area contributed by atoms with Crippen LogP contribution in [-0.2, 0) is 63.8 Å². The number of nitrogens with zero attached hydrogens (tertiary/aromatic N) is 1. The lowest BCUT2D eigenvalue weighted by atomic mass is 9.89. The maximum Gasteiger partial charge on any atom is 0.330 e. The molecule has 8 aliphatic rings. The summed E-state index contributed by atoms with van der Waals surface area (Å²) in [7, 11) is 0. The molecule has 0 saturated carbocycles. The Balaban J connectivity index is 0.911. The average molecular weight is 1740 g/mol. The number of amides is 8. The molecule has 8 aliphatic heterocycles. The number of carboxylic acids is 1. The summed E-state index contributed by atoms with van der Waals surface area (Å²) < 4.78 is 39.4. The molecule has 37 nitrogen and oxygen atoms in total. The molecular formula is C82H75Cl2N9O28S. The SMILES string of the molecule is CC(=O)N[C@@H]1[C@@H](O)[C@H](O)[C@@H](CO)O[C@H]1Sc1c2ccccc2cn1[C@H]1C(=O)N[C@@H]2Cc3ccc(c(Cl)c3)Oc3cc4cc(c3O)Oc3ccc(cc3Cl)[C@@H](O[C@@H]3O[C@H](CO)[C@@H](O)[C@H](O)[C@H]3NC(C)=O)[C@@H]3NC(=O)[C@H](NC(=O)[C@@H]4NC(=O)[C@@H](NC2=O)c2cc(O)cc(c2)Oc2cc1ccc2O)c1ccc(O)c(c1)-c1c(O)cc(O)cc1[C@@H](C(=O)O)NC3=O. The van der Waals surface area contributed by atoms with Crippen molar-refractivity contribution >= 4 is 99.0 Å². The molecule has 17 rings (SSSR count). The highest BCUT2D eigenvalue weighted by Gasteiger charge is 2.51. The van der Waals surface area contributed by atoms with Crippen molar-refractivity contribution < 1.29 is 138 Å². The van der Waals surface area contributed by atoms with Gasteiger partial charge in [-0.2, -0.15) is 0 Å². The molecule has 9 aromatic rings. The number of phenols is 6. The van der Waals surface area contributed by atoms with Gasteiger partial charge in [-0.15, -0.1) is 0 Å². The standard InChI is InChI=1S/C82H75Cl2N9O28S/c1-30(96)85-63-70(106)68(104)56(28-94)119-81(63)121-72-35-10-14-52(46(84)20-35)118-55-23-38-22-54(67(55)103)117-51-13-7-32(15-45(51)83)16-47-73(108)88-60(75(110)90-61(38)76(111)89-59-33-8-11-48(100)43(19-33)58-44(25-40(99)26-50(58)102)62(80(114)115)91-77(112)65(72)92-74(59)109)37-17-39(98)24-41(18-37)116-53-21-34(9-12-49(53)101)66(78(113)87-47)93-27-36-5-3-4-6-42(36)79(93)122-82-64(86-31(2)97)71(107)69(105)57(29-95)120-82/h3-15,17-27,47,56-57,59-66,68-72,81-82,94-95,98-107H,16,28-29H2,1-2H3,(H,85,96)(H,86,97)(H,87,113)(H,88,108)(H,89,111)(H,90,110)(H,91,112)(H,92,109)(H,114,115)/t47-,56-,57-,59-,60+,61-,62+,63-,64-,65+,66-,68-,69-,70-,71-,72-,81+,82+/m1/s1. The van der Waals surface area contributed by atoms with Crippen LogP contribution in [0.25, 0.3) is 21.9 Å². The normalized spacial score (nSPS) is 26.5. The van der Waals surface area contributed by atoms with Gasteiger partial charge in [0.15, 0.2) is 35.3 Å².